The number of thiophene rings is 1. The van der Waals surface area contributed by atoms with Gasteiger partial charge in [0.05, 0.1) is 23.9 Å². The van der Waals surface area contributed by atoms with Crippen LogP contribution < -0.4 is 11.1 Å². The average Bonchev–Trinajstić information content (AvgIpc) is 3.13. The van der Waals surface area contributed by atoms with Crippen molar-refractivity contribution in [2.24, 2.45) is 0 Å². The first kappa shape index (κ1) is 13.0. The fraction of sp³-hybridized carbons (Fsp3) is 0.467. The van der Waals surface area contributed by atoms with Crippen molar-refractivity contribution in [3.63, 3.8) is 0 Å². The maximum atomic E-state index is 12.5. The van der Waals surface area contributed by atoms with E-state index >= 15 is 0 Å². The lowest BCUT2D eigenvalue weighted by atomic mass is 9.95. The summed E-state index contributed by atoms with van der Waals surface area (Å²) in [5.41, 5.74) is 7.58. The number of nitrogen functional groups attached to an aromatic ring is 1. The van der Waals surface area contributed by atoms with Crippen molar-refractivity contribution in [3.8, 4) is 0 Å². The molecule has 1 amide bonds. The molecule has 2 aliphatic rings. The molecule has 3 unspecified atom stereocenters. The van der Waals surface area contributed by atoms with Crippen molar-refractivity contribution in [1.29, 1.82) is 0 Å². The van der Waals surface area contributed by atoms with Crippen molar-refractivity contribution >= 4 is 33.1 Å². The number of aromatic nitrogens is 1. The zero-order valence-corrected chi connectivity index (χ0v) is 12.6. The summed E-state index contributed by atoms with van der Waals surface area (Å²) < 4.78 is 5.77. The molecule has 2 saturated heterocycles. The number of pyridine rings is 1. The molecule has 4 heterocycles. The van der Waals surface area contributed by atoms with Crippen LogP contribution in [0.25, 0.3) is 10.2 Å². The number of nitrogens with one attached hydrogen (secondary N) is 1. The molecule has 3 N–H and O–H groups in total. The number of rotatable bonds is 2. The number of fused-ring (bicyclic) bond motifs is 3. The van der Waals surface area contributed by atoms with Crippen LogP contribution in [-0.2, 0) is 4.74 Å². The molecular formula is C15H17N3O2S. The summed E-state index contributed by atoms with van der Waals surface area (Å²) in [4.78, 5) is 18.3. The van der Waals surface area contributed by atoms with Crippen molar-refractivity contribution in [2.45, 2.75) is 44.4 Å². The number of nitrogens with two attached hydrogens (primary N) is 1. The first-order chi connectivity index (χ1) is 10.1. The van der Waals surface area contributed by atoms with Gasteiger partial charge in [0.15, 0.2) is 0 Å². The molecule has 2 aliphatic heterocycles. The molecule has 0 aromatic carbocycles. The van der Waals surface area contributed by atoms with Gasteiger partial charge in [-0.05, 0) is 38.3 Å². The van der Waals surface area contributed by atoms with Gasteiger partial charge >= 0.3 is 0 Å². The zero-order valence-electron chi connectivity index (χ0n) is 11.8. The van der Waals surface area contributed by atoms with Crippen LogP contribution in [0.5, 0.6) is 0 Å². The van der Waals surface area contributed by atoms with Crippen LogP contribution in [0.1, 0.15) is 34.6 Å². The van der Waals surface area contributed by atoms with E-state index in [-0.39, 0.29) is 18.1 Å². The van der Waals surface area contributed by atoms with Gasteiger partial charge in [0.25, 0.3) is 5.91 Å². The minimum atomic E-state index is -0.102. The Morgan fingerprint density at radius 1 is 1.48 bits per heavy atom. The van der Waals surface area contributed by atoms with Crippen molar-refractivity contribution < 1.29 is 9.53 Å². The first-order valence-electron chi connectivity index (χ1n) is 7.24. The van der Waals surface area contributed by atoms with E-state index in [0.717, 1.165) is 35.2 Å². The lowest BCUT2D eigenvalue weighted by Crippen LogP contribution is -2.41. The summed E-state index contributed by atoms with van der Waals surface area (Å²) in [6.07, 6.45) is 3.57. The number of hydrogen-bond donors (Lipinski definition) is 2. The van der Waals surface area contributed by atoms with Gasteiger partial charge in [0, 0.05) is 11.1 Å². The Balaban J connectivity index is 1.60. The third-order valence-electron chi connectivity index (χ3n) is 4.36. The minimum absolute atomic E-state index is 0.102. The van der Waals surface area contributed by atoms with E-state index < -0.39 is 0 Å². The van der Waals surface area contributed by atoms with E-state index in [1.807, 2.05) is 19.1 Å². The lowest BCUT2D eigenvalue weighted by molar-refractivity contribution is 0.0844. The van der Waals surface area contributed by atoms with Crippen molar-refractivity contribution in [3.05, 3.63) is 22.7 Å². The SMILES string of the molecule is Cc1ccc2c(N)c(C(=O)NC3CC4CCC3O4)sc2n1. The van der Waals surface area contributed by atoms with Gasteiger partial charge in [-0.25, -0.2) is 4.98 Å². The van der Waals surface area contributed by atoms with Crippen molar-refractivity contribution in [1.82, 2.24) is 10.3 Å². The Labute approximate surface area is 126 Å². The Bertz CT molecular complexity index is 727. The smallest absolute Gasteiger partial charge is 0.263 e. The molecule has 2 fully saturated rings. The predicted octanol–water partition coefficient (Wildman–Crippen LogP) is 2.24. The van der Waals surface area contributed by atoms with Crippen LogP contribution in [-0.4, -0.2) is 29.1 Å². The Morgan fingerprint density at radius 3 is 3.05 bits per heavy atom. The molecule has 0 saturated carbocycles. The number of anilines is 1. The molecule has 0 radical (unpaired) electrons. The summed E-state index contributed by atoms with van der Waals surface area (Å²) in [6.45, 7) is 1.93. The maximum absolute atomic E-state index is 12.5. The van der Waals surface area contributed by atoms with Gasteiger partial charge in [-0.15, -0.1) is 11.3 Å². The summed E-state index contributed by atoms with van der Waals surface area (Å²) in [5, 5.41) is 3.94. The van der Waals surface area contributed by atoms with E-state index in [1.54, 1.807) is 0 Å². The average molecular weight is 303 g/mol. The highest BCUT2D eigenvalue weighted by Gasteiger charge is 2.41. The van der Waals surface area contributed by atoms with Crippen LogP contribution >= 0.6 is 11.3 Å². The largest absolute Gasteiger partial charge is 0.397 e. The van der Waals surface area contributed by atoms with Crippen LogP contribution in [0.3, 0.4) is 0 Å². The fourth-order valence-corrected chi connectivity index (χ4v) is 4.32. The zero-order chi connectivity index (χ0) is 14.6. The van der Waals surface area contributed by atoms with Crippen LogP contribution in [0.15, 0.2) is 12.1 Å². The number of hydrogen-bond acceptors (Lipinski definition) is 5. The standard InChI is InChI=1S/C15H17N3O2S/c1-7-2-4-9-12(16)13(21-15(9)17-7)14(19)18-10-6-8-3-5-11(10)20-8/h2,4,8,10-11H,3,5-6,16H2,1H3,(H,18,19). The Kier molecular flexibility index (Phi) is 2.90. The quantitative estimate of drug-likeness (QED) is 0.892. The van der Waals surface area contributed by atoms with Gasteiger partial charge in [-0.1, -0.05) is 0 Å². The third kappa shape index (κ3) is 2.10. The summed E-state index contributed by atoms with van der Waals surface area (Å²) in [6, 6.07) is 3.97. The highest BCUT2D eigenvalue weighted by Crippen LogP contribution is 2.36. The Morgan fingerprint density at radius 2 is 2.33 bits per heavy atom. The second-order valence-corrected chi connectivity index (χ2v) is 6.84. The number of aryl methyl sites for hydroxylation is 1. The highest BCUT2D eigenvalue weighted by atomic mass is 32.1. The van der Waals surface area contributed by atoms with E-state index in [0.29, 0.717) is 16.7 Å². The molecule has 21 heavy (non-hydrogen) atoms. The molecule has 110 valence electrons. The second-order valence-electron chi connectivity index (χ2n) is 5.84. The lowest BCUT2D eigenvalue weighted by Gasteiger charge is -2.19. The van der Waals surface area contributed by atoms with Gasteiger partial charge in [0.2, 0.25) is 0 Å². The monoisotopic (exact) mass is 303 g/mol. The predicted molar refractivity (Wildman–Crippen MR) is 82.5 cm³/mol. The number of carbonyl (C=O) groups is 1. The molecular weight excluding hydrogens is 286 g/mol. The van der Waals surface area contributed by atoms with Gasteiger partial charge in [-0.3, -0.25) is 4.79 Å². The Hall–Kier alpha value is -1.66. The summed E-state index contributed by atoms with van der Waals surface area (Å²) >= 11 is 1.36. The van der Waals surface area contributed by atoms with Crippen LogP contribution in [0.2, 0.25) is 0 Å². The molecule has 2 aromatic rings. The first-order valence-corrected chi connectivity index (χ1v) is 8.05. The van der Waals surface area contributed by atoms with Gasteiger partial charge in [-0.2, -0.15) is 0 Å². The molecule has 2 bridgehead atoms. The molecule has 0 aliphatic carbocycles. The molecule has 4 rings (SSSR count). The van der Waals surface area contributed by atoms with E-state index in [1.165, 1.54) is 11.3 Å². The number of carbonyl (C=O) groups excluding carboxylic acids is 1. The summed E-state index contributed by atoms with van der Waals surface area (Å²) in [5.74, 6) is -0.102. The van der Waals surface area contributed by atoms with Gasteiger partial charge in [0.1, 0.15) is 9.71 Å². The minimum Gasteiger partial charge on any atom is -0.397 e. The third-order valence-corrected chi connectivity index (χ3v) is 5.48. The highest BCUT2D eigenvalue weighted by molar-refractivity contribution is 7.21. The van der Waals surface area contributed by atoms with Gasteiger partial charge < -0.3 is 15.8 Å². The molecule has 2 aromatic heterocycles. The molecule has 6 heteroatoms. The fourth-order valence-electron chi connectivity index (χ4n) is 3.28. The normalized spacial score (nSPS) is 27.4. The number of nitrogens with zero attached hydrogens (tertiary/aromatic N) is 1. The topological polar surface area (TPSA) is 77.2 Å². The van der Waals surface area contributed by atoms with E-state index in [2.05, 4.69) is 10.3 Å². The molecule has 3 atom stereocenters. The molecule has 0 spiro atoms. The maximum Gasteiger partial charge on any atom is 0.263 e. The number of amides is 1. The second kappa shape index (κ2) is 4.68. The van der Waals surface area contributed by atoms with Crippen LogP contribution in [0, 0.1) is 6.92 Å². The van der Waals surface area contributed by atoms with E-state index in [9.17, 15) is 4.79 Å². The van der Waals surface area contributed by atoms with Crippen molar-refractivity contribution in [2.75, 3.05) is 5.73 Å². The van der Waals surface area contributed by atoms with Crippen LogP contribution in [0.4, 0.5) is 5.69 Å². The number of ether oxygens (including phenoxy) is 1. The molecule has 5 nitrogen and oxygen atoms in total. The summed E-state index contributed by atoms with van der Waals surface area (Å²) in [7, 11) is 0. The van der Waals surface area contributed by atoms with E-state index in [4.69, 9.17) is 10.5 Å².